The van der Waals surface area contributed by atoms with Gasteiger partial charge in [0.05, 0.1) is 11.4 Å². The largest absolute Gasteiger partial charge is 0.396 e. The van der Waals surface area contributed by atoms with Crippen LogP contribution in [-0.4, -0.2) is 5.91 Å². The number of amides is 1. The fourth-order valence-electron chi connectivity index (χ4n) is 1.62. The highest BCUT2D eigenvalue weighted by atomic mass is 19.1. The van der Waals surface area contributed by atoms with Crippen LogP contribution >= 0.6 is 0 Å². The van der Waals surface area contributed by atoms with Crippen LogP contribution in [-0.2, 0) is 0 Å². The summed E-state index contributed by atoms with van der Waals surface area (Å²) in [7, 11) is 0. The molecule has 0 spiro atoms. The van der Waals surface area contributed by atoms with Crippen LogP contribution in [0.1, 0.15) is 15.9 Å². The van der Waals surface area contributed by atoms with Crippen LogP contribution in [0.5, 0.6) is 0 Å². The van der Waals surface area contributed by atoms with Crippen molar-refractivity contribution in [2.75, 3.05) is 11.1 Å². The quantitative estimate of drug-likeness (QED) is 0.825. The fraction of sp³-hybridized carbons (Fsp3) is 0. The number of carbonyl (C=O) groups excluding carboxylic acids is 1. The Morgan fingerprint density at radius 3 is 2.60 bits per heavy atom. The van der Waals surface area contributed by atoms with Crippen molar-refractivity contribution in [2.45, 2.75) is 0 Å². The van der Waals surface area contributed by atoms with Crippen LogP contribution in [0.4, 0.5) is 20.2 Å². The lowest BCUT2D eigenvalue weighted by Gasteiger charge is -2.08. The van der Waals surface area contributed by atoms with E-state index in [2.05, 4.69) is 5.32 Å². The second kappa shape index (κ2) is 5.36. The van der Waals surface area contributed by atoms with E-state index in [1.54, 1.807) is 6.07 Å². The van der Waals surface area contributed by atoms with Gasteiger partial charge in [-0.1, -0.05) is 6.07 Å². The van der Waals surface area contributed by atoms with E-state index in [4.69, 9.17) is 11.0 Å². The zero-order valence-corrected chi connectivity index (χ0v) is 10.2. The molecule has 2 aromatic carbocycles. The Hall–Kier alpha value is -2.94. The Morgan fingerprint density at radius 1 is 1.20 bits per heavy atom. The molecule has 0 bridgehead atoms. The average Bonchev–Trinajstić information content (AvgIpc) is 2.42. The van der Waals surface area contributed by atoms with E-state index in [9.17, 15) is 13.6 Å². The lowest BCUT2D eigenvalue weighted by molar-refractivity contribution is 0.102. The van der Waals surface area contributed by atoms with E-state index < -0.39 is 17.5 Å². The van der Waals surface area contributed by atoms with Crippen molar-refractivity contribution in [3.05, 3.63) is 59.2 Å². The van der Waals surface area contributed by atoms with Gasteiger partial charge in [-0.2, -0.15) is 5.26 Å². The van der Waals surface area contributed by atoms with E-state index in [0.717, 1.165) is 18.2 Å². The average molecular weight is 273 g/mol. The molecule has 2 rings (SSSR count). The van der Waals surface area contributed by atoms with Crippen LogP contribution in [0.2, 0.25) is 0 Å². The van der Waals surface area contributed by atoms with Crippen LogP contribution in [0.15, 0.2) is 36.4 Å². The highest BCUT2D eigenvalue weighted by Gasteiger charge is 2.13. The molecule has 6 heteroatoms. The zero-order chi connectivity index (χ0) is 14.7. The van der Waals surface area contributed by atoms with Crippen LogP contribution in [0.25, 0.3) is 0 Å². The highest BCUT2D eigenvalue weighted by Crippen LogP contribution is 2.19. The molecule has 0 fully saturated rings. The van der Waals surface area contributed by atoms with Crippen molar-refractivity contribution in [2.24, 2.45) is 0 Å². The SMILES string of the molecule is N#Cc1c(F)cccc1NC(=O)c1ccc(F)c(N)c1. The minimum atomic E-state index is -0.732. The molecule has 0 radical (unpaired) electrons. The maximum absolute atomic E-state index is 13.4. The first-order valence-corrected chi connectivity index (χ1v) is 5.58. The maximum atomic E-state index is 13.4. The number of nitrogen functional groups attached to an aromatic ring is 1. The minimum absolute atomic E-state index is 0.0420. The molecule has 4 nitrogen and oxygen atoms in total. The second-order valence-electron chi connectivity index (χ2n) is 3.96. The van der Waals surface area contributed by atoms with E-state index in [1.165, 1.54) is 18.2 Å². The van der Waals surface area contributed by atoms with Gasteiger partial charge in [0, 0.05) is 5.56 Å². The van der Waals surface area contributed by atoms with E-state index in [-0.39, 0.29) is 22.5 Å². The Balaban J connectivity index is 2.31. The minimum Gasteiger partial charge on any atom is -0.396 e. The summed E-state index contributed by atoms with van der Waals surface area (Å²) in [6.45, 7) is 0. The first-order valence-electron chi connectivity index (χ1n) is 5.58. The van der Waals surface area contributed by atoms with Crippen molar-refractivity contribution in [1.82, 2.24) is 0 Å². The number of hydrogen-bond donors (Lipinski definition) is 2. The fourth-order valence-corrected chi connectivity index (χ4v) is 1.62. The van der Waals surface area contributed by atoms with Crippen LogP contribution in [0, 0.1) is 23.0 Å². The molecule has 100 valence electrons. The van der Waals surface area contributed by atoms with Gasteiger partial charge < -0.3 is 11.1 Å². The summed E-state index contributed by atoms with van der Waals surface area (Å²) in [4.78, 5) is 11.9. The molecule has 0 aliphatic heterocycles. The van der Waals surface area contributed by atoms with Crippen LogP contribution < -0.4 is 11.1 Å². The third kappa shape index (κ3) is 2.57. The second-order valence-corrected chi connectivity index (χ2v) is 3.96. The predicted octanol–water partition coefficient (Wildman–Crippen LogP) is 2.67. The van der Waals surface area contributed by atoms with Gasteiger partial charge in [0.2, 0.25) is 0 Å². The van der Waals surface area contributed by atoms with Crippen LogP contribution in [0.3, 0.4) is 0 Å². The summed E-state index contributed by atoms with van der Waals surface area (Å²) < 4.78 is 26.4. The summed E-state index contributed by atoms with van der Waals surface area (Å²) >= 11 is 0. The third-order valence-corrected chi connectivity index (χ3v) is 2.63. The molecule has 0 saturated carbocycles. The van der Waals surface area contributed by atoms with Gasteiger partial charge in [0.15, 0.2) is 0 Å². The zero-order valence-electron chi connectivity index (χ0n) is 10.2. The Bertz CT molecular complexity index is 723. The molecule has 0 aliphatic carbocycles. The molecule has 20 heavy (non-hydrogen) atoms. The summed E-state index contributed by atoms with van der Waals surface area (Å²) in [5, 5.41) is 11.2. The first-order chi connectivity index (χ1) is 9.52. The van der Waals surface area contributed by atoms with Gasteiger partial charge in [-0.3, -0.25) is 4.79 Å². The molecule has 0 unspecified atom stereocenters. The van der Waals surface area contributed by atoms with E-state index in [1.807, 2.05) is 0 Å². The molecule has 0 heterocycles. The Labute approximate surface area is 113 Å². The number of hydrogen-bond acceptors (Lipinski definition) is 3. The van der Waals surface area contributed by atoms with Gasteiger partial charge in [-0.05, 0) is 30.3 Å². The Kier molecular flexibility index (Phi) is 3.62. The van der Waals surface area contributed by atoms with Gasteiger partial charge in [-0.15, -0.1) is 0 Å². The normalized spacial score (nSPS) is 9.85. The number of nitrogens with one attached hydrogen (secondary N) is 1. The molecular weight excluding hydrogens is 264 g/mol. The number of nitrogens with zero attached hydrogens (tertiary/aromatic N) is 1. The third-order valence-electron chi connectivity index (χ3n) is 2.63. The van der Waals surface area contributed by atoms with Gasteiger partial charge in [-0.25, -0.2) is 8.78 Å². The van der Waals surface area contributed by atoms with Crippen molar-refractivity contribution >= 4 is 17.3 Å². The molecule has 2 aromatic rings. The molecule has 0 aromatic heterocycles. The number of nitriles is 1. The summed E-state index contributed by atoms with van der Waals surface area (Å²) in [6.07, 6.45) is 0. The van der Waals surface area contributed by atoms with E-state index in [0.29, 0.717) is 0 Å². The van der Waals surface area contributed by atoms with Gasteiger partial charge in [0.25, 0.3) is 5.91 Å². The topological polar surface area (TPSA) is 78.9 Å². The van der Waals surface area contributed by atoms with Gasteiger partial charge >= 0.3 is 0 Å². The van der Waals surface area contributed by atoms with Gasteiger partial charge in [0.1, 0.15) is 23.3 Å². The molecule has 0 aliphatic rings. The van der Waals surface area contributed by atoms with Crippen molar-refractivity contribution in [3.63, 3.8) is 0 Å². The van der Waals surface area contributed by atoms with E-state index >= 15 is 0 Å². The van der Waals surface area contributed by atoms with Crippen molar-refractivity contribution in [3.8, 4) is 6.07 Å². The molecule has 3 N–H and O–H groups in total. The lowest BCUT2D eigenvalue weighted by atomic mass is 10.1. The predicted molar refractivity (Wildman–Crippen MR) is 69.9 cm³/mol. The molecule has 0 atom stereocenters. The monoisotopic (exact) mass is 273 g/mol. The maximum Gasteiger partial charge on any atom is 0.255 e. The molecule has 0 saturated heterocycles. The standard InChI is InChI=1S/C14H9F2N3O/c15-10-2-1-3-13(9(10)7-17)19-14(20)8-4-5-11(16)12(18)6-8/h1-6H,18H2,(H,19,20). The summed E-state index contributed by atoms with van der Waals surface area (Å²) in [6, 6.07) is 9.00. The summed E-state index contributed by atoms with van der Waals surface area (Å²) in [5.41, 5.74) is 5.08. The highest BCUT2D eigenvalue weighted by molar-refractivity contribution is 6.05. The number of carbonyl (C=O) groups is 1. The smallest absolute Gasteiger partial charge is 0.255 e. The Morgan fingerprint density at radius 2 is 1.95 bits per heavy atom. The number of nitrogens with two attached hydrogens (primary N) is 1. The number of rotatable bonds is 2. The van der Waals surface area contributed by atoms with Crippen molar-refractivity contribution in [1.29, 1.82) is 5.26 Å². The summed E-state index contributed by atoms with van der Waals surface area (Å²) in [5.74, 6) is -1.98. The lowest BCUT2D eigenvalue weighted by Crippen LogP contribution is -2.14. The number of halogens is 2. The molecule has 1 amide bonds. The first kappa shape index (κ1) is 13.5. The number of benzene rings is 2. The van der Waals surface area contributed by atoms with Crippen molar-refractivity contribution < 1.29 is 13.6 Å². The molecular formula is C14H9F2N3O. The number of anilines is 2.